The van der Waals surface area contributed by atoms with Crippen LogP contribution in [0.2, 0.25) is 10.0 Å². The molecule has 0 radical (unpaired) electrons. The molecule has 0 unspecified atom stereocenters. The van der Waals surface area contributed by atoms with Crippen LogP contribution < -0.4 is 15.6 Å². The summed E-state index contributed by atoms with van der Waals surface area (Å²) in [5.74, 6) is 0.500. The van der Waals surface area contributed by atoms with Crippen LogP contribution in [-0.4, -0.2) is 32.3 Å². The summed E-state index contributed by atoms with van der Waals surface area (Å²) in [6.07, 6.45) is 1.51. The van der Waals surface area contributed by atoms with Crippen LogP contribution in [-0.2, 0) is 11.2 Å². The van der Waals surface area contributed by atoms with Crippen molar-refractivity contribution in [3.8, 4) is 11.7 Å². The number of anilines is 1. The second-order valence-corrected chi connectivity index (χ2v) is 7.15. The predicted molar refractivity (Wildman–Crippen MR) is 111 cm³/mol. The maximum absolute atomic E-state index is 12.4. The van der Waals surface area contributed by atoms with E-state index in [1.807, 2.05) is 6.92 Å². The SMILES string of the molecule is CCCc1cc(=O)[nH]c(-n2nc(C)cc2NC(=O)COc2ccc(Cl)cc2Cl)n1. The van der Waals surface area contributed by atoms with Crippen LogP contribution in [0, 0.1) is 6.92 Å². The number of aromatic nitrogens is 4. The molecule has 1 amide bonds. The third-order valence-corrected chi connectivity index (χ3v) is 4.37. The molecular weight excluding hydrogens is 417 g/mol. The molecule has 0 spiro atoms. The zero-order valence-corrected chi connectivity index (χ0v) is 17.3. The van der Waals surface area contributed by atoms with Crippen molar-refractivity contribution in [3.05, 3.63) is 62.1 Å². The highest BCUT2D eigenvalue weighted by molar-refractivity contribution is 6.35. The van der Waals surface area contributed by atoms with Crippen molar-refractivity contribution in [2.45, 2.75) is 26.7 Å². The molecule has 152 valence electrons. The number of halogens is 2. The monoisotopic (exact) mass is 435 g/mol. The van der Waals surface area contributed by atoms with E-state index < -0.39 is 5.91 Å². The Balaban J connectivity index is 1.77. The molecule has 0 fully saturated rings. The van der Waals surface area contributed by atoms with E-state index in [0.29, 0.717) is 39.4 Å². The van der Waals surface area contributed by atoms with Gasteiger partial charge in [-0.1, -0.05) is 36.5 Å². The topological polar surface area (TPSA) is 102 Å². The average molecular weight is 436 g/mol. The number of carbonyl (C=O) groups is 1. The molecule has 2 aromatic heterocycles. The minimum atomic E-state index is -0.427. The number of hydrogen-bond acceptors (Lipinski definition) is 5. The predicted octanol–water partition coefficient (Wildman–Crippen LogP) is 3.54. The molecule has 2 heterocycles. The van der Waals surface area contributed by atoms with Crippen molar-refractivity contribution in [1.82, 2.24) is 19.7 Å². The van der Waals surface area contributed by atoms with Gasteiger partial charge in [0.15, 0.2) is 6.61 Å². The number of ether oxygens (including phenoxy) is 1. The van der Waals surface area contributed by atoms with Crippen LogP contribution in [0.15, 0.2) is 35.1 Å². The third kappa shape index (κ3) is 5.36. The quantitative estimate of drug-likeness (QED) is 0.590. The zero-order valence-electron chi connectivity index (χ0n) is 15.8. The molecule has 3 aromatic rings. The molecule has 29 heavy (non-hydrogen) atoms. The van der Waals surface area contributed by atoms with Gasteiger partial charge in [0.05, 0.1) is 10.7 Å². The summed E-state index contributed by atoms with van der Waals surface area (Å²) in [4.78, 5) is 31.4. The van der Waals surface area contributed by atoms with Gasteiger partial charge in [0.1, 0.15) is 11.6 Å². The van der Waals surface area contributed by atoms with Gasteiger partial charge >= 0.3 is 0 Å². The van der Waals surface area contributed by atoms with Crippen LogP contribution in [0.4, 0.5) is 5.82 Å². The lowest BCUT2D eigenvalue weighted by Crippen LogP contribution is -2.23. The number of H-pyrrole nitrogens is 1. The fourth-order valence-electron chi connectivity index (χ4n) is 2.64. The first kappa shape index (κ1) is 20.9. The first-order chi connectivity index (χ1) is 13.9. The summed E-state index contributed by atoms with van der Waals surface area (Å²) in [5.41, 5.74) is 1.01. The molecule has 2 N–H and O–H groups in total. The number of aromatic amines is 1. The van der Waals surface area contributed by atoms with Gasteiger partial charge in [0, 0.05) is 22.8 Å². The molecule has 0 aliphatic rings. The summed E-state index contributed by atoms with van der Waals surface area (Å²) in [5, 5.41) is 7.79. The van der Waals surface area contributed by atoms with Crippen molar-refractivity contribution in [1.29, 1.82) is 0 Å². The Bertz CT molecular complexity index is 1090. The van der Waals surface area contributed by atoms with Gasteiger partial charge in [-0.2, -0.15) is 9.78 Å². The fraction of sp³-hybridized carbons (Fsp3) is 0.263. The molecular formula is C19H19Cl2N5O3. The van der Waals surface area contributed by atoms with Crippen molar-refractivity contribution in [2.75, 3.05) is 11.9 Å². The van der Waals surface area contributed by atoms with Gasteiger partial charge in [0.25, 0.3) is 11.5 Å². The van der Waals surface area contributed by atoms with E-state index in [4.69, 9.17) is 27.9 Å². The lowest BCUT2D eigenvalue weighted by molar-refractivity contribution is -0.118. The molecule has 0 bridgehead atoms. The normalized spacial score (nSPS) is 10.8. The highest BCUT2D eigenvalue weighted by atomic mass is 35.5. The van der Waals surface area contributed by atoms with Gasteiger partial charge in [-0.15, -0.1) is 0 Å². The summed E-state index contributed by atoms with van der Waals surface area (Å²) < 4.78 is 6.82. The smallest absolute Gasteiger partial charge is 0.263 e. The molecule has 3 rings (SSSR count). The number of amides is 1. The molecule has 0 saturated carbocycles. The number of rotatable bonds is 7. The highest BCUT2D eigenvalue weighted by Gasteiger charge is 2.14. The maximum Gasteiger partial charge on any atom is 0.263 e. The Morgan fingerprint density at radius 1 is 1.28 bits per heavy atom. The summed E-state index contributed by atoms with van der Waals surface area (Å²) >= 11 is 11.9. The Hall–Kier alpha value is -2.84. The minimum Gasteiger partial charge on any atom is -0.482 e. The van der Waals surface area contributed by atoms with E-state index in [9.17, 15) is 9.59 Å². The standard InChI is InChI=1S/C19H19Cl2N5O3/c1-3-4-13-9-17(27)24-19(22-13)26-16(7-11(2)25-26)23-18(28)10-29-15-6-5-12(20)8-14(15)21/h5-9H,3-4,10H2,1-2H3,(H,23,28)(H,22,24,27). The summed E-state index contributed by atoms with van der Waals surface area (Å²) in [6.45, 7) is 3.49. The average Bonchev–Trinajstić information content (AvgIpc) is 3.01. The second-order valence-electron chi connectivity index (χ2n) is 6.30. The van der Waals surface area contributed by atoms with Crippen LogP contribution in [0.1, 0.15) is 24.7 Å². The number of aryl methyl sites for hydroxylation is 2. The third-order valence-electron chi connectivity index (χ3n) is 3.84. The highest BCUT2D eigenvalue weighted by Crippen LogP contribution is 2.27. The van der Waals surface area contributed by atoms with E-state index in [0.717, 1.165) is 6.42 Å². The van der Waals surface area contributed by atoms with Crippen molar-refractivity contribution in [3.63, 3.8) is 0 Å². The molecule has 10 heteroatoms. The number of hydrogen-bond donors (Lipinski definition) is 2. The van der Waals surface area contributed by atoms with E-state index >= 15 is 0 Å². The number of benzene rings is 1. The largest absolute Gasteiger partial charge is 0.482 e. The van der Waals surface area contributed by atoms with Gasteiger partial charge in [-0.3, -0.25) is 14.6 Å². The lowest BCUT2D eigenvalue weighted by Gasteiger charge is -2.10. The maximum atomic E-state index is 12.4. The van der Waals surface area contributed by atoms with E-state index in [2.05, 4.69) is 20.4 Å². The fourth-order valence-corrected chi connectivity index (χ4v) is 3.11. The summed E-state index contributed by atoms with van der Waals surface area (Å²) in [7, 11) is 0. The molecule has 8 nitrogen and oxygen atoms in total. The van der Waals surface area contributed by atoms with Gasteiger partial charge in [-0.25, -0.2) is 4.98 Å². The Labute approximate surface area is 176 Å². The molecule has 0 aliphatic carbocycles. The number of nitrogens with zero attached hydrogens (tertiary/aromatic N) is 3. The van der Waals surface area contributed by atoms with Gasteiger partial charge < -0.3 is 10.1 Å². The lowest BCUT2D eigenvalue weighted by atomic mass is 10.2. The van der Waals surface area contributed by atoms with Crippen molar-refractivity contribution < 1.29 is 9.53 Å². The Morgan fingerprint density at radius 3 is 2.79 bits per heavy atom. The Kier molecular flexibility index (Phi) is 6.56. The molecule has 0 atom stereocenters. The summed E-state index contributed by atoms with van der Waals surface area (Å²) in [6, 6.07) is 7.84. The first-order valence-electron chi connectivity index (χ1n) is 8.90. The van der Waals surface area contributed by atoms with E-state index in [-0.39, 0.29) is 18.1 Å². The molecule has 0 saturated heterocycles. The second kappa shape index (κ2) is 9.11. The first-order valence-corrected chi connectivity index (χ1v) is 9.66. The van der Waals surface area contributed by atoms with Gasteiger partial charge in [-0.05, 0) is 31.5 Å². The van der Waals surface area contributed by atoms with Crippen LogP contribution in [0.25, 0.3) is 5.95 Å². The molecule has 0 aliphatic heterocycles. The number of nitrogens with one attached hydrogen (secondary N) is 2. The van der Waals surface area contributed by atoms with E-state index in [1.54, 1.807) is 25.1 Å². The van der Waals surface area contributed by atoms with Crippen LogP contribution >= 0.6 is 23.2 Å². The van der Waals surface area contributed by atoms with Crippen molar-refractivity contribution >= 4 is 34.9 Å². The van der Waals surface area contributed by atoms with Crippen molar-refractivity contribution in [2.24, 2.45) is 0 Å². The van der Waals surface area contributed by atoms with Crippen LogP contribution in [0.5, 0.6) is 5.75 Å². The van der Waals surface area contributed by atoms with Crippen LogP contribution in [0.3, 0.4) is 0 Å². The van der Waals surface area contributed by atoms with E-state index in [1.165, 1.54) is 16.8 Å². The molecule has 1 aromatic carbocycles. The Morgan fingerprint density at radius 2 is 2.07 bits per heavy atom. The van der Waals surface area contributed by atoms with Gasteiger partial charge in [0.2, 0.25) is 5.95 Å². The minimum absolute atomic E-state index is 0.228. The number of carbonyl (C=O) groups excluding carboxylic acids is 1. The zero-order chi connectivity index (χ0) is 21.0.